The van der Waals surface area contributed by atoms with Gasteiger partial charge in [-0.15, -0.1) is 11.3 Å². The van der Waals surface area contributed by atoms with Crippen LogP contribution in [0.5, 0.6) is 11.6 Å². The summed E-state index contributed by atoms with van der Waals surface area (Å²) in [6, 6.07) is 12.0. The van der Waals surface area contributed by atoms with Gasteiger partial charge in [0.1, 0.15) is 15.8 Å². The summed E-state index contributed by atoms with van der Waals surface area (Å²) in [6.45, 7) is 1.60. The number of rotatable bonds is 8. The van der Waals surface area contributed by atoms with Crippen molar-refractivity contribution in [1.29, 1.82) is 0 Å². The van der Waals surface area contributed by atoms with Gasteiger partial charge in [0.2, 0.25) is 21.8 Å². The highest BCUT2D eigenvalue weighted by atomic mass is 32.2. The molecule has 0 atom stereocenters. The number of ether oxygens (including phenoxy) is 1. The lowest BCUT2D eigenvalue weighted by Gasteiger charge is -2.10. The Morgan fingerprint density at radius 1 is 1.17 bits per heavy atom. The van der Waals surface area contributed by atoms with Crippen LogP contribution in [0.2, 0.25) is 0 Å². The molecule has 3 aromatic rings. The number of nitrogens with zero attached hydrogens (tertiary/aromatic N) is 1. The Kier molecular flexibility index (Phi) is 6.57. The van der Waals surface area contributed by atoms with Gasteiger partial charge in [-0.3, -0.25) is 4.79 Å². The Morgan fingerprint density at radius 3 is 2.76 bits per heavy atom. The molecular weight excluding hydrogens is 417 g/mol. The largest absolute Gasteiger partial charge is 0.439 e. The van der Waals surface area contributed by atoms with Crippen LogP contribution < -0.4 is 14.8 Å². The van der Waals surface area contributed by atoms with Crippen LogP contribution in [-0.4, -0.2) is 19.3 Å². The van der Waals surface area contributed by atoms with Crippen molar-refractivity contribution >= 4 is 27.3 Å². The van der Waals surface area contributed by atoms with Crippen LogP contribution in [0.3, 0.4) is 0 Å². The summed E-state index contributed by atoms with van der Waals surface area (Å²) in [5, 5.41) is 2.62. The zero-order chi connectivity index (χ0) is 20.9. The standard InChI is InChI=1S/C19H18FN3O4S2/c1-13(24)22-12-17-7-8-18(28-17)29(25,26)23-11-14-4-3-9-21-19(14)27-16-6-2-5-15(20)10-16/h2-10,23H,11-12H2,1H3,(H,22,24). The first-order chi connectivity index (χ1) is 13.8. The number of hydrogen-bond acceptors (Lipinski definition) is 6. The van der Waals surface area contributed by atoms with Gasteiger partial charge in [-0.05, 0) is 30.3 Å². The maximum Gasteiger partial charge on any atom is 0.250 e. The number of nitrogens with one attached hydrogen (secondary N) is 2. The zero-order valence-electron chi connectivity index (χ0n) is 15.4. The molecule has 10 heteroatoms. The molecule has 2 N–H and O–H groups in total. The van der Waals surface area contributed by atoms with Crippen LogP contribution in [0.15, 0.2) is 58.9 Å². The van der Waals surface area contributed by atoms with Gasteiger partial charge in [0.25, 0.3) is 0 Å². The molecule has 0 aliphatic rings. The highest BCUT2D eigenvalue weighted by molar-refractivity contribution is 7.91. The van der Waals surface area contributed by atoms with Crippen molar-refractivity contribution in [1.82, 2.24) is 15.0 Å². The van der Waals surface area contributed by atoms with Gasteiger partial charge < -0.3 is 10.1 Å². The predicted molar refractivity (Wildman–Crippen MR) is 107 cm³/mol. The number of hydrogen-bond donors (Lipinski definition) is 2. The molecule has 2 aromatic heterocycles. The van der Waals surface area contributed by atoms with Crippen LogP contribution in [-0.2, 0) is 27.9 Å². The molecule has 0 radical (unpaired) electrons. The van der Waals surface area contributed by atoms with Gasteiger partial charge in [0.15, 0.2) is 0 Å². The molecular formula is C19H18FN3O4S2. The van der Waals surface area contributed by atoms with E-state index in [0.717, 1.165) is 16.2 Å². The van der Waals surface area contributed by atoms with Gasteiger partial charge in [0.05, 0.1) is 6.54 Å². The number of benzene rings is 1. The van der Waals surface area contributed by atoms with Crippen LogP contribution in [0, 0.1) is 5.82 Å². The lowest BCUT2D eigenvalue weighted by atomic mass is 10.3. The summed E-state index contributed by atoms with van der Waals surface area (Å²) in [4.78, 5) is 15.8. The van der Waals surface area contributed by atoms with Crippen molar-refractivity contribution in [2.24, 2.45) is 0 Å². The second-order valence-electron chi connectivity index (χ2n) is 5.98. The van der Waals surface area contributed by atoms with Gasteiger partial charge in [0, 0.05) is 36.2 Å². The molecule has 0 bridgehead atoms. The smallest absolute Gasteiger partial charge is 0.250 e. The summed E-state index contributed by atoms with van der Waals surface area (Å²) in [7, 11) is -3.76. The molecule has 2 heterocycles. The molecule has 0 unspecified atom stereocenters. The molecule has 0 fully saturated rings. The van der Waals surface area contributed by atoms with E-state index in [-0.39, 0.29) is 34.8 Å². The molecule has 3 rings (SSSR count). The van der Waals surface area contributed by atoms with Gasteiger partial charge >= 0.3 is 0 Å². The first kappa shape index (κ1) is 20.9. The van der Waals surface area contributed by atoms with Crippen molar-refractivity contribution in [3.8, 4) is 11.6 Å². The van der Waals surface area contributed by atoms with Crippen molar-refractivity contribution in [2.45, 2.75) is 24.2 Å². The quantitative estimate of drug-likeness (QED) is 0.566. The van der Waals surface area contributed by atoms with Crippen LogP contribution in [0.25, 0.3) is 0 Å². The maximum absolute atomic E-state index is 13.3. The van der Waals surface area contributed by atoms with Gasteiger partial charge in [-0.2, -0.15) is 0 Å². The number of sulfonamides is 1. The molecule has 0 saturated heterocycles. The van der Waals surface area contributed by atoms with E-state index in [1.54, 1.807) is 24.3 Å². The Hall–Kier alpha value is -2.82. The Balaban J connectivity index is 1.70. The third-order valence-corrected chi connectivity index (χ3v) is 6.70. The Morgan fingerprint density at radius 2 is 2.00 bits per heavy atom. The molecule has 7 nitrogen and oxygen atoms in total. The SMILES string of the molecule is CC(=O)NCc1ccc(S(=O)(=O)NCc2cccnc2Oc2cccc(F)c2)s1. The van der Waals surface area contributed by atoms with Gasteiger partial charge in [-0.25, -0.2) is 22.5 Å². The van der Waals surface area contributed by atoms with E-state index in [0.29, 0.717) is 5.56 Å². The van der Waals surface area contributed by atoms with Crippen LogP contribution in [0.1, 0.15) is 17.4 Å². The number of thiophene rings is 1. The Bertz CT molecular complexity index is 1120. The molecule has 152 valence electrons. The lowest BCUT2D eigenvalue weighted by Crippen LogP contribution is -2.22. The van der Waals surface area contributed by atoms with E-state index < -0.39 is 15.8 Å². The first-order valence-electron chi connectivity index (χ1n) is 8.53. The number of pyridine rings is 1. The maximum atomic E-state index is 13.3. The summed E-state index contributed by atoms with van der Waals surface area (Å²) in [5.74, 6) is -0.205. The lowest BCUT2D eigenvalue weighted by molar-refractivity contribution is -0.119. The number of halogens is 1. The van der Waals surface area contributed by atoms with Crippen molar-refractivity contribution in [3.05, 3.63) is 71.0 Å². The van der Waals surface area contributed by atoms with E-state index in [9.17, 15) is 17.6 Å². The van der Waals surface area contributed by atoms with Crippen molar-refractivity contribution < 1.29 is 22.3 Å². The predicted octanol–water partition coefficient (Wildman–Crippen LogP) is 3.19. The second kappa shape index (κ2) is 9.12. The molecule has 0 spiro atoms. The summed E-state index contributed by atoms with van der Waals surface area (Å²) in [5.41, 5.74) is 0.496. The van der Waals surface area contributed by atoms with Crippen molar-refractivity contribution in [2.75, 3.05) is 0 Å². The van der Waals surface area contributed by atoms with E-state index in [4.69, 9.17) is 4.74 Å². The van der Waals surface area contributed by atoms with Crippen LogP contribution >= 0.6 is 11.3 Å². The van der Waals surface area contributed by atoms with Gasteiger partial charge in [-0.1, -0.05) is 12.1 Å². The summed E-state index contributed by atoms with van der Waals surface area (Å²) >= 11 is 1.07. The van der Waals surface area contributed by atoms with Crippen LogP contribution in [0.4, 0.5) is 4.39 Å². The second-order valence-corrected chi connectivity index (χ2v) is 9.14. The van der Waals surface area contributed by atoms with E-state index in [1.807, 2.05) is 0 Å². The fourth-order valence-corrected chi connectivity index (χ4v) is 4.69. The molecule has 0 saturated carbocycles. The summed E-state index contributed by atoms with van der Waals surface area (Å²) in [6.07, 6.45) is 1.50. The highest BCUT2D eigenvalue weighted by Crippen LogP contribution is 2.25. The monoisotopic (exact) mass is 435 g/mol. The van der Waals surface area contributed by atoms with Crippen molar-refractivity contribution in [3.63, 3.8) is 0 Å². The molecule has 0 aliphatic heterocycles. The average molecular weight is 436 g/mol. The normalized spacial score (nSPS) is 11.2. The zero-order valence-corrected chi connectivity index (χ0v) is 17.0. The molecule has 1 aromatic carbocycles. The fourth-order valence-electron chi connectivity index (χ4n) is 2.35. The van der Waals surface area contributed by atoms with E-state index >= 15 is 0 Å². The van der Waals surface area contributed by atoms with E-state index in [1.165, 1.54) is 37.4 Å². The molecule has 1 amide bonds. The highest BCUT2D eigenvalue weighted by Gasteiger charge is 2.18. The molecule has 29 heavy (non-hydrogen) atoms. The fraction of sp³-hybridized carbons (Fsp3) is 0.158. The first-order valence-corrected chi connectivity index (χ1v) is 10.8. The molecule has 0 aliphatic carbocycles. The minimum atomic E-state index is -3.76. The average Bonchev–Trinajstić information content (AvgIpc) is 3.16. The summed E-state index contributed by atoms with van der Waals surface area (Å²) < 4.78 is 46.7. The third-order valence-electron chi connectivity index (χ3n) is 3.73. The minimum absolute atomic E-state index is 0.0558. The Labute approximate surface area is 171 Å². The number of amides is 1. The third kappa shape index (κ3) is 5.83. The minimum Gasteiger partial charge on any atom is -0.439 e. The topological polar surface area (TPSA) is 97.4 Å². The number of aromatic nitrogens is 1. The number of carbonyl (C=O) groups is 1. The number of carbonyl (C=O) groups excluding carboxylic acids is 1. The van der Waals surface area contributed by atoms with E-state index in [2.05, 4.69) is 15.0 Å².